The first-order chi connectivity index (χ1) is 16.6. The largest absolute Gasteiger partial charge is 0.377 e. The Kier molecular flexibility index (Phi) is 5.95. The van der Waals surface area contributed by atoms with Gasteiger partial charge in [0, 0.05) is 42.5 Å². The number of anilines is 2. The van der Waals surface area contributed by atoms with Crippen molar-refractivity contribution in [2.75, 3.05) is 24.1 Å². The molecular formula is C26H27N7O. The second kappa shape index (κ2) is 9.35. The van der Waals surface area contributed by atoms with Crippen molar-refractivity contribution in [2.45, 2.75) is 25.7 Å². The number of allylic oxidation sites excluding steroid dienone is 1. The van der Waals surface area contributed by atoms with Gasteiger partial charge in [0.1, 0.15) is 11.6 Å². The number of pyridine rings is 1. The molecule has 1 amide bonds. The van der Waals surface area contributed by atoms with Crippen molar-refractivity contribution >= 4 is 23.2 Å². The fourth-order valence-electron chi connectivity index (χ4n) is 4.55. The van der Waals surface area contributed by atoms with Gasteiger partial charge in [0.05, 0.1) is 11.2 Å². The molecule has 8 nitrogen and oxygen atoms in total. The van der Waals surface area contributed by atoms with Crippen molar-refractivity contribution < 1.29 is 4.79 Å². The molecule has 0 spiro atoms. The number of nitrogens with one attached hydrogen (secondary N) is 1. The first-order valence-electron chi connectivity index (χ1n) is 11.5. The molecule has 4 aromatic rings. The third kappa shape index (κ3) is 4.22. The molecule has 3 N–H and O–H groups in total. The zero-order valence-electron chi connectivity index (χ0n) is 19.1. The number of fused-ring (bicyclic) bond motifs is 1. The summed E-state index contributed by atoms with van der Waals surface area (Å²) in [6.45, 7) is 4.02. The van der Waals surface area contributed by atoms with Gasteiger partial charge in [0.15, 0.2) is 0 Å². The van der Waals surface area contributed by atoms with Crippen LogP contribution in [0.25, 0.3) is 16.9 Å². The van der Waals surface area contributed by atoms with E-state index >= 15 is 0 Å². The van der Waals surface area contributed by atoms with E-state index in [0.29, 0.717) is 23.2 Å². The molecule has 1 saturated heterocycles. The summed E-state index contributed by atoms with van der Waals surface area (Å²) in [7, 11) is 0. The van der Waals surface area contributed by atoms with Gasteiger partial charge in [-0.05, 0) is 56.3 Å². The van der Waals surface area contributed by atoms with Gasteiger partial charge in [-0.15, -0.1) is 0 Å². The average molecular weight is 454 g/mol. The van der Waals surface area contributed by atoms with Gasteiger partial charge in [0.2, 0.25) is 5.95 Å². The van der Waals surface area contributed by atoms with Gasteiger partial charge in [-0.1, -0.05) is 24.3 Å². The third-order valence-corrected chi connectivity index (χ3v) is 6.12. The Morgan fingerprint density at radius 1 is 1.12 bits per heavy atom. The lowest BCUT2D eigenvalue weighted by Gasteiger charge is -2.31. The van der Waals surface area contributed by atoms with Crippen molar-refractivity contribution in [1.82, 2.24) is 24.3 Å². The van der Waals surface area contributed by atoms with E-state index in [1.807, 2.05) is 35.6 Å². The minimum Gasteiger partial charge on any atom is -0.377 e. The van der Waals surface area contributed by atoms with Crippen LogP contribution in [0.3, 0.4) is 0 Å². The van der Waals surface area contributed by atoms with E-state index in [0.717, 1.165) is 48.5 Å². The standard InChI is InChI=1S/C26H27N7O/c1-2-15-32-16-5-6-20(17-32)23-21-12-14-29-26(27)33(21)24(31-23)18-8-10-19(11-9-18)25(34)30-22-7-3-4-13-28-22/h2-4,7-15,20H,5-6,16-17H2,1H3,(H2,27,29)(H,28,30,34)/t20-/m1/s1. The SMILES string of the molecule is CC=CN1CCC[C@@H](c2nc(-c3ccc(C(=O)Nc4ccccn4)cc3)n3c(N)nccc23)C1. The minimum atomic E-state index is -0.216. The lowest BCUT2D eigenvalue weighted by atomic mass is 9.94. The number of nitrogen functional groups attached to an aromatic ring is 1. The average Bonchev–Trinajstić information content (AvgIpc) is 3.26. The van der Waals surface area contributed by atoms with E-state index in [1.54, 1.807) is 36.7 Å². The molecule has 1 fully saturated rings. The summed E-state index contributed by atoms with van der Waals surface area (Å²) in [4.78, 5) is 28.5. The summed E-state index contributed by atoms with van der Waals surface area (Å²) in [5.74, 6) is 1.73. The molecule has 0 saturated carbocycles. The molecular weight excluding hydrogens is 426 g/mol. The number of aromatic nitrogens is 4. The summed E-state index contributed by atoms with van der Waals surface area (Å²) in [6.07, 6.45) is 9.79. The molecule has 0 aliphatic carbocycles. The van der Waals surface area contributed by atoms with Gasteiger partial charge >= 0.3 is 0 Å². The highest BCUT2D eigenvalue weighted by molar-refractivity contribution is 6.04. The molecule has 4 heterocycles. The highest BCUT2D eigenvalue weighted by atomic mass is 16.1. The number of rotatable bonds is 5. The van der Waals surface area contributed by atoms with Gasteiger partial charge in [-0.3, -0.25) is 9.20 Å². The molecule has 1 atom stereocenters. The Labute approximate surface area is 198 Å². The number of benzene rings is 1. The second-order valence-corrected chi connectivity index (χ2v) is 8.41. The fourth-order valence-corrected chi connectivity index (χ4v) is 4.55. The molecule has 5 rings (SSSR count). The number of nitrogens with zero attached hydrogens (tertiary/aromatic N) is 5. The zero-order chi connectivity index (χ0) is 23.5. The Hall–Kier alpha value is -4.20. The van der Waals surface area contributed by atoms with E-state index in [4.69, 9.17) is 10.7 Å². The number of likely N-dealkylation sites (tertiary alicyclic amines) is 1. The van der Waals surface area contributed by atoms with E-state index in [1.165, 1.54) is 0 Å². The van der Waals surface area contributed by atoms with E-state index in [-0.39, 0.29) is 5.91 Å². The highest BCUT2D eigenvalue weighted by Gasteiger charge is 2.26. The van der Waals surface area contributed by atoms with Crippen molar-refractivity contribution in [3.05, 3.63) is 84.5 Å². The lowest BCUT2D eigenvalue weighted by molar-refractivity contribution is 0.102. The van der Waals surface area contributed by atoms with Gasteiger partial charge < -0.3 is 16.0 Å². The number of nitrogens with two attached hydrogens (primary N) is 1. The molecule has 1 aromatic carbocycles. The lowest BCUT2D eigenvalue weighted by Crippen LogP contribution is -2.30. The molecule has 0 unspecified atom stereocenters. The number of amides is 1. The molecule has 0 radical (unpaired) electrons. The number of carbonyl (C=O) groups excluding carboxylic acids is 1. The molecule has 3 aromatic heterocycles. The van der Waals surface area contributed by atoms with Gasteiger partial charge in [-0.2, -0.15) is 0 Å². The number of hydrogen-bond acceptors (Lipinski definition) is 6. The summed E-state index contributed by atoms with van der Waals surface area (Å²) in [5.41, 5.74) is 9.72. The third-order valence-electron chi connectivity index (χ3n) is 6.12. The van der Waals surface area contributed by atoms with Crippen LogP contribution < -0.4 is 11.1 Å². The van der Waals surface area contributed by atoms with Crippen molar-refractivity contribution in [2.24, 2.45) is 0 Å². The topological polar surface area (TPSA) is 101 Å². The van der Waals surface area contributed by atoms with Crippen LogP contribution in [0.15, 0.2) is 73.2 Å². The minimum absolute atomic E-state index is 0.216. The maximum absolute atomic E-state index is 12.6. The van der Waals surface area contributed by atoms with Gasteiger partial charge in [0.25, 0.3) is 5.91 Å². The molecule has 1 aliphatic heterocycles. The zero-order valence-corrected chi connectivity index (χ0v) is 19.1. The van der Waals surface area contributed by atoms with Crippen LogP contribution in [-0.2, 0) is 0 Å². The summed E-state index contributed by atoms with van der Waals surface area (Å²) >= 11 is 0. The Morgan fingerprint density at radius 2 is 1.97 bits per heavy atom. The van der Waals surface area contributed by atoms with Crippen LogP contribution in [0.4, 0.5) is 11.8 Å². The Balaban J connectivity index is 1.47. The molecule has 0 bridgehead atoms. The smallest absolute Gasteiger partial charge is 0.256 e. The molecule has 8 heteroatoms. The van der Waals surface area contributed by atoms with Crippen molar-refractivity contribution in [1.29, 1.82) is 0 Å². The fraction of sp³-hybridized carbons (Fsp3) is 0.231. The maximum atomic E-state index is 12.6. The highest BCUT2D eigenvalue weighted by Crippen LogP contribution is 2.33. The van der Waals surface area contributed by atoms with Crippen molar-refractivity contribution in [3.63, 3.8) is 0 Å². The number of hydrogen-bond donors (Lipinski definition) is 2. The van der Waals surface area contributed by atoms with Crippen LogP contribution in [0.1, 0.15) is 41.7 Å². The van der Waals surface area contributed by atoms with Crippen LogP contribution in [0.5, 0.6) is 0 Å². The summed E-state index contributed by atoms with van der Waals surface area (Å²) in [6, 6.07) is 14.7. The predicted molar refractivity (Wildman–Crippen MR) is 133 cm³/mol. The first kappa shape index (κ1) is 21.6. The van der Waals surface area contributed by atoms with E-state index < -0.39 is 0 Å². The monoisotopic (exact) mass is 453 g/mol. The quantitative estimate of drug-likeness (QED) is 0.466. The number of imidazole rings is 1. The maximum Gasteiger partial charge on any atom is 0.256 e. The van der Waals surface area contributed by atoms with Crippen LogP contribution in [0, 0.1) is 0 Å². The molecule has 34 heavy (non-hydrogen) atoms. The summed E-state index contributed by atoms with van der Waals surface area (Å²) < 4.78 is 1.91. The summed E-state index contributed by atoms with van der Waals surface area (Å²) in [5, 5.41) is 2.81. The molecule has 1 aliphatic rings. The van der Waals surface area contributed by atoms with E-state index in [9.17, 15) is 4.79 Å². The Morgan fingerprint density at radius 3 is 2.74 bits per heavy atom. The van der Waals surface area contributed by atoms with Gasteiger partial charge in [-0.25, -0.2) is 15.0 Å². The second-order valence-electron chi connectivity index (χ2n) is 8.41. The first-order valence-corrected chi connectivity index (χ1v) is 11.5. The van der Waals surface area contributed by atoms with Crippen LogP contribution >= 0.6 is 0 Å². The van der Waals surface area contributed by atoms with Crippen LogP contribution in [-0.4, -0.2) is 43.2 Å². The van der Waals surface area contributed by atoms with Crippen LogP contribution in [0.2, 0.25) is 0 Å². The predicted octanol–water partition coefficient (Wildman–Crippen LogP) is 4.34. The number of carbonyl (C=O) groups is 1. The normalized spacial score (nSPS) is 16.3. The van der Waals surface area contributed by atoms with Crippen molar-refractivity contribution in [3.8, 4) is 11.4 Å². The molecule has 172 valence electrons. The number of piperidine rings is 1. The van der Waals surface area contributed by atoms with E-state index in [2.05, 4.69) is 32.5 Å². The Bertz CT molecular complexity index is 1330.